The number of aromatic nitrogens is 3. The van der Waals surface area contributed by atoms with Gasteiger partial charge in [-0.3, -0.25) is 4.79 Å². The highest BCUT2D eigenvalue weighted by Crippen LogP contribution is 2.39. The topological polar surface area (TPSA) is 128 Å². The number of halogens is 3. The van der Waals surface area contributed by atoms with Gasteiger partial charge in [0.2, 0.25) is 17.8 Å². The molecule has 0 unspecified atom stereocenters. The van der Waals surface area contributed by atoms with Crippen LogP contribution in [-0.4, -0.2) is 72.2 Å². The quantitative estimate of drug-likeness (QED) is 0.220. The number of carbonyl (C=O) groups is 1. The Morgan fingerprint density at radius 1 is 1.02 bits per heavy atom. The van der Waals surface area contributed by atoms with Gasteiger partial charge in [0, 0.05) is 37.5 Å². The van der Waals surface area contributed by atoms with Gasteiger partial charge in [-0.05, 0) is 58.3 Å². The largest absolute Gasteiger partial charge is 0.494 e. The van der Waals surface area contributed by atoms with Crippen LogP contribution in [0.3, 0.4) is 0 Å². The molecule has 0 fully saturated rings. The van der Waals surface area contributed by atoms with Gasteiger partial charge >= 0.3 is 6.18 Å². The van der Waals surface area contributed by atoms with Crippen LogP contribution in [0.15, 0.2) is 49.3 Å². The van der Waals surface area contributed by atoms with E-state index in [4.69, 9.17) is 4.74 Å². The van der Waals surface area contributed by atoms with Crippen LogP contribution in [0, 0.1) is 0 Å². The number of anilines is 6. The number of hydrogen-bond acceptors (Lipinski definition) is 10. The molecule has 0 radical (unpaired) electrons. The number of likely N-dealkylation sites (N-methyl/N-ethyl adjacent to an activating group) is 2. The van der Waals surface area contributed by atoms with Crippen LogP contribution < -0.4 is 25.6 Å². The highest BCUT2D eigenvalue weighted by atomic mass is 19.4. The van der Waals surface area contributed by atoms with Crippen LogP contribution in [0.25, 0.3) is 0 Å². The number of hydrogen-bond donors (Lipinski definition) is 4. The second-order valence-electron chi connectivity index (χ2n) is 10.2. The van der Waals surface area contributed by atoms with E-state index >= 15 is 0 Å². The molecule has 0 saturated heterocycles. The number of carbonyl (C=O) groups excluding carboxylic acids is 1. The lowest BCUT2D eigenvalue weighted by Gasteiger charge is -2.26. The summed E-state index contributed by atoms with van der Waals surface area (Å²) in [5.41, 5.74) is -0.699. The monoisotopic (exact) mass is 588 g/mol. The number of nitrogens with zero attached hydrogens (tertiary/aromatic N) is 5. The molecule has 1 heterocycles. The second kappa shape index (κ2) is 13.0. The number of ether oxygens (including phenoxy) is 1. The Balaban J connectivity index is 1.96. The first-order valence-corrected chi connectivity index (χ1v) is 12.8. The zero-order chi connectivity index (χ0) is 31.2. The number of aliphatic hydroxyl groups is 1. The third-order valence-corrected chi connectivity index (χ3v) is 6.13. The van der Waals surface area contributed by atoms with Crippen LogP contribution in [0.4, 0.5) is 47.8 Å². The molecule has 3 aromatic rings. The molecule has 3 rings (SSSR count). The van der Waals surface area contributed by atoms with E-state index in [1.807, 2.05) is 30.9 Å². The molecule has 0 aliphatic heterocycles. The summed E-state index contributed by atoms with van der Waals surface area (Å²) in [5.74, 6) is 0.119. The number of benzene rings is 2. The molecule has 0 atom stereocenters. The molecule has 42 heavy (non-hydrogen) atoms. The summed E-state index contributed by atoms with van der Waals surface area (Å²) in [6, 6.07) is 6.41. The van der Waals surface area contributed by atoms with Gasteiger partial charge in [0.15, 0.2) is 0 Å². The lowest BCUT2D eigenvalue weighted by atomic mass is 9.94. The molecule has 0 saturated carbocycles. The second-order valence-corrected chi connectivity index (χ2v) is 10.2. The number of methoxy groups -OCH3 is 1. The van der Waals surface area contributed by atoms with Gasteiger partial charge < -0.3 is 35.6 Å². The number of nitrogens with one attached hydrogen (secondary N) is 3. The Bertz CT molecular complexity index is 1420. The van der Waals surface area contributed by atoms with Crippen LogP contribution in [-0.2, 0) is 16.6 Å². The van der Waals surface area contributed by atoms with Crippen molar-refractivity contribution in [1.82, 2.24) is 19.9 Å². The van der Waals surface area contributed by atoms with Crippen molar-refractivity contribution >= 4 is 40.6 Å². The van der Waals surface area contributed by atoms with Crippen molar-refractivity contribution in [3.05, 3.63) is 60.4 Å². The normalized spacial score (nSPS) is 11.7. The fraction of sp³-hybridized carbons (Fsp3) is 0.357. The van der Waals surface area contributed by atoms with Gasteiger partial charge in [-0.15, -0.1) is 0 Å². The zero-order valence-corrected chi connectivity index (χ0v) is 24.3. The summed E-state index contributed by atoms with van der Waals surface area (Å²) < 4.78 is 45.5. The average molecular weight is 589 g/mol. The molecule has 2 aromatic carbocycles. The molecular formula is C28H35F3N8O3. The predicted molar refractivity (Wildman–Crippen MR) is 157 cm³/mol. The summed E-state index contributed by atoms with van der Waals surface area (Å²) in [5, 5.41) is 19.3. The van der Waals surface area contributed by atoms with Crippen molar-refractivity contribution in [3.8, 4) is 5.75 Å². The van der Waals surface area contributed by atoms with Crippen LogP contribution in [0.5, 0.6) is 5.75 Å². The van der Waals surface area contributed by atoms with E-state index in [0.29, 0.717) is 29.4 Å². The first kappa shape index (κ1) is 32.1. The van der Waals surface area contributed by atoms with Crippen LogP contribution in [0.1, 0.15) is 25.0 Å². The lowest BCUT2D eigenvalue weighted by molar-refractivity contribution is -0.137. The fourth-order valence-electron chi connectivity index (χ4n) is 3.90. The highest BCUT2D eigenvalue weighted by Gasteiger charge is 2.33. The van der Waals surface area contributed by atoms with E-state index in [9.17, 15) is 23.1 Å². The highest BCUT2D eigenvalue weighted by molar-refractivity contribution is 6.02. The van der Waals surface area contributed by atoms with Crippen molar-refractivity contribution < 1.29 is 27.8 Å². The predicted octanol–water partition coefficient (Wildman–Crippen LogP) is 4.74. The minimum absolute atomic E-state index is 0.00509. The van der Waals surface area contributed by atoms with Gasteiger partial charge in [0.25, 0.3) is 0 Å². The summed E-state index contributed by atoms with van der Waals surface area (Å²) in [6.45, 7) is 7.71. The molecule has 0 bridgehead atoms. The molecular weight excluding hydrogens is 553 g/mol. The Morgan fingerprint density at radius 2 is 1.67 bits per heavy atom. The first-order valence-electron chi connectivity index (χ1n) is 12.8. The molecule has 226 valence electrons. The molecule has 1 amide bonds. The van der Waals surface area contributed by atoms with Gasteiger partial charge in [-0.25, -0.2) is 9.97 Å². The van der Waals surface area contributed by atoms with Gasteiger partial charge in [0.1, 0.15) is 12.1 Å². The van der Waals surface area contributed by atoms with E-state index in [0.717, 1.165) is 24.8 Å². The number of amides is 1. The van der Waals surface area contributed by atoms with Gasteiger partial charge in [0.05, 0.1) is 35.3 Å². The molecule has 0 aliphatic rings. The van der Waals surface area contributed by atoms with Crippen molar-refractivity contribution in [2.45, 2.75) is 25.6 Å². The fourth-order valence-corrected chi connectivity index (χ4v) is 3.90. The summed E-state index contributed by atoms with van der Waals surface area (Å²) in [4.78, 5) is 28.7. The maximum absolute atomic E-state index is 13.3. The van der Waals surface area contributed by atoms with E-state index in [1.165, 1.54) is 33.4 Å². The SMILES string of the molecule is C=CC(=O)Nc1cc(Nc2ncnc(Nc3ccc(C(F)(F)F)cc3C(C)(C)O)n2)c(OC)cc1N(C)CCN(C)C. The van der Waals surface area contributed by atoms with E-state index in [2.05, 4.69) is 37.5 Å². The number of rotatable bonds is 12. The Morgan fingerprint density at radius 3 is 2.21 bits per heavy atom. The van der Waals surface area contributed by atoms with Crippen molar-refractivity contribution in [1.29, 1.82) is 0 Å². The summed E-state index contributed by atoms with van der Waals surface area (Å²) >= 11 is 0. The van der Waals surface area contributed by atoms with E-state index in [1.54, 1.807) is 12.1 Å². The Hall–Kier alpha value is -4.43. The maximum Gasteiger partial charge on any atom is 0.416 e. The van der Waals surface area contributed by atoms with Crippen molar-refractivity contribution in [2.24, 2.45) is 0 Å². The van der Waals surface area contributed by atoms with E-state index < -0.39 is 23.2 Å². The maximum atomic E-state index is 13.3. The lowest BCUT2D eigenvalue weighted by Crippen LogP contribution is -2.29. The first-order chi connectivity index (χ1) is 19.6. The van der Waals surface area contributed by atoms with Crippen LogP contribution >= 0.6 is 0 Å². The smallest absolute Gasteiger partial charge is 0.416 e. The Labute approximate surface area is 242 Å². The van der Waals surface area contributed by atoms with Crippen molar-refractivity contribution in [2.75, 3.05) is 62.2 Å². The standard InChI is InChI=1S/C28H35F3N8O3/c1-8-24(40)34-20-14-21(23(42-7)15-22(20)39(6)12-11-38(4)5)36-26-33-16-32-25(37-26)35-19-10-9-17(28(29,30)31)13-18(19)27(2,3)41/h8-10,13-16,41H,1,11-12H2,2-7H3,(H,34,40)(H2,32,33,35,36,37). The minimum atomic E-state index is -4.58. The van der Waals surface area contributed by atoms with Gasteiger partial charge in [-0.2, -0.15) is 18.2 Å². The third kappa shape index (κ3) is 8.30. The van der Waals surface area contributed by atoms with Crippen molar-refractivity contribution in [3.63, 3.8) is 0 Å². The number of alkyl halides is 3. The Kier molecular flexibility index (Phi) is 9.96. The average Bonchev–Trinajstić information content (AvgIpc) is 2.91. The minimum Gasteiger partial charge on any atom is -0.494 e. The molecule has 0 spiro atoms. The molecule has 14 heteroatoms. The summed E-state index contributed by atoms with van der Waals surface area (Å²) in [7, 11) is 7.31. The van der Waals surface area contributed by atoms with Gasteiger partial charge in [-0.1, -0.05) is 6.58 Å². The molecule has 4 N–H and O–H groups in total. The molecule has 11 nitrogen and oxygen atoms in total. The third-order valence-electron chi connectivity index (χ3n) is 6.13. The molecule has 1 aromatic heterocycles. The molecule has 0 aliphatic carbocycles. The zero-order valence-electron chi connectivity index (χ0n) is 24.3. The van der Waals surface area contributed by atoms with E-state index in [-0.39, 0.29) is 23.1 Å². The van der Waals surface area contributed by atoms with Crippen LogP contribution in [0.2, 0.25) is 0 Å². The summed E-state index contributed by atoms with van der Waals surface area (Å²) in [6.07, 6.45) is -2.21.